The molecule has 20 heavy (non-hydrogen) atoms. The Morgan fingerprint density at radius 3 is 2.50 bits per heavy atom. The topological polar surface area (TPSA) is 46.6 Å². The van der Waals surface area contributed by atoms with Crippen LogP contribution in [-0.2, 0) is 14.3 Å². The Labute approximate surface area is 117 Å². The van der Waals surface area contributed by atoms with E-state index >= 15 is 0 Å². The number of amides is 2. The van der Waals surface area contributed by atoms with Crippen LogP contribution >= 0.6 is 0 Å². The number of aryl methyl sites for hydroxylation is 1. The molecular formula is C16H15NO3. The van der Waals surface area contributed by atoms with E-state index in [1.54, 1.807) is 0 Å². The summed E-state index contributed by atoms with van der Waals surface area (Å²) >= 11 is 0. The molecule has 0 unspecified atom stereocenters. The van der Waals surface area contributed by atoms with Gasteiger partial charge in [-0.2, -0.15) is 0 Å². The van der Waals surface area contributed by atoms with Gasteiger partial charge < -0.3 is 4.74 Å². The lowest BCUT2D eigenvalue weighted by molar-refractivity contribution is -0.126. The van der Waals surface area contributed by atoms with Crippen molar-refractivity contribution < 1.29 is 14.3 Å². The van der Waals surface area contributed by atoms with Gasteiger partial charge in [-0.05, 0) is 26.0 Å². The summed E-state index contributed by atoms with van der Waals surface area (Å²) in [6.45, 7) is 3.86. The van der Waals surface area contributed by atoms with E-state index in [0.717, 1.165) is 5.56 Å². The molecule has 2 bridgehead atoms. The van der Waals surface area contributed by atoms with Gasteiger partial charge >= 0.3 is 0 Å². The molecule has 2 amide bonds. The Bertz CT molecular complexity index is 648. The summed E-state index contributed by atoms with van der Waals surface area (Å²) in [6, 6.07) is 7.47. The Balaban J connectivity index is 1.77. The summed E-state index contributed by atoms with van der Waals surface area (Å²) in [4.78, 5) is 26.6. The van der Waals surface area contributed by atoms with E-state index in [4.69, 9.17) is 4.74 Å². The van der Waals surface area contributed by atoms with Crippen molar-refractivity contribution in [2.24, 2.45) is 11.8 Å². The summed E-state index contributed by atoms with van der Waals surface area (Å²) in [6.07, 6.45) is 3.57. The number of rotatable bonds is 1. The molecule has 0 aromatic heterocycles. The Morgan fingerprint density at radius 2 is 1.85 bits per heavy atom. The number of fused-ring (bicyclic) bond motifs is 5. The molecule has 2 saturated heterocycles. The third kappa shape index (κ3) is 1.29. The summed E-state index contributed by atoms with van der Waals surface area (Å²) in [5.41, 5.74) is 1.13. The number of ether oxygens (including phenoxy) is 1. The molecule has 4 atom stereocenters. The van der Waals surface area contributed by atoms with Crippen molar-refractivity contribution in [1.29, 1.82) is 0 Å². The Morgan fingerprint density at radius 1 is 1.15 bits per heavy atom. The summed E-state index contributed by atoms with van der Waals surface area (Å²) in [5, 5.41) is 0. The highest BCUT2D eigenvalue weighted by atomic mass is 16.5. The van der Waals surface area contributed by atoms with Gasteiger partial charge in [-0.1, -0.05) is 29.8 Å². The second-order valence-electron chi connectivity index (χ2n) is 5.98. The Kier molecular flexibility index (Phi) is 2.12. The zero-order valence-electron chi connectivity index (χ0n) is 11.4. The van der Waals surface area contributed by atoms with Crippen LogP contribution in [-0.4, -0.2) is 23.5 Å². The largest absolute Gasteiger partial charge is 0.362 e. The Hall–Kier alpha value is -1.94. The van der Waals surface area contributed by atoms with Crippen molar-refractivity contribution in [2.45, 2.75) is 25.6 Å². The van der Waals surface area contributed by atoms with Crippen molar-refractivity contribution in [3.63, 3.8) is 0 Å². The first-order chi connectivity index (χ1) is 9.51. The van der Waals surface area contributed by atoms with Gasteiger partial charge in [-0.3, -0.25) is 9.59 Å². The number of carbonyl (C=O) groups excluding carboxylic acids is 2. The van der Waals surface area contributed by atoms with E-state index < -0.39 is 5.60 Å². The van der Waals surface area contributed by atoms with Crippen molar-refractivity contribution in [3.05, 3.63) is 42.0 Å². The van der Waals surface area contributed by atoms with Crippen molar-refractivity contribution in [3.8, 4) is 0 Å². The lowest BCUT2D eigenvalue weighted by Crippen LogP contribution is -2.38. The average Bonchev–Trinajstić information content (AvgIpc) is 3.01. The molecule has 1 aromatic carbocycles. The number of benzene rings is 1. The number of nitrogens with zero attached hydrogens (tertiary/aromatic N) is 1. The van der Waals surface area contributed by atoms with Gasteiger partial charge in [0.25, 0.3) is 0 Å². The molecule has 102 valence electrons. The first-order valence-electron chi connectivity index (χ1n) is 6.83. The van der Waals surface area contributed by atoms with E-state index in [2.05, 4.69) is 0 Å². The van der Waals surface area contributed by atoms with Crippen molar-refractivity contribution >= 4 is 17.5 Å². The highest BCUT2D eigenvalue weighted by Crippen LogP contribution is 2.52. The second kappa shape index (κ2) is 3.58. The number of anilines is 1. The molecule has 0 radical (unpaired) electrons. The zero-order valence-corrected chi connectivity index (χ0v) is 11.4. The molecule has 0 N–H and O–H groups in total. The third-order valence-corrected chi connectivity index (χ3v) is 4.62. The van der Waals surface area contributed by atoms with Crippen LogP contribution in [0.3, 0.4) is 0 Å². The predicted octanol–water partition coefficient (Wildman–Crippen LogP) is 1.83. The van der Waals surface area contributed by atoms with Gasteiger partial charge in [-0.15, -0.1) is 0 Å². The summed E-state index contributed by atoms with van der Waals surface area (Å²) in [7, 11) is 0. The molecule has 0 spiro atoms. The summed E-state index contributed by atoms with van der Waals surface area (Å²) < 4.78 is 5.79. The van der Waals surface area contributed by atoms with Crippen LogP contribution in [0.1, 0.15) is 12.5 Å². The highest BCUT2D eigenvalue weighted by Gasteiger charge is 2.65. The second-order valence-corrected chi connectivity index (χ2v) is 5.98. The van der Waals surface area contributed by atoms with Crippen LogP contribution < -0.4 is 4.90 Å². The van der Waals surface area contributed by atoms with Crippen LogP contribution in [0, 0.1) is 18.8 Å². The van der Waals surface area contributed by atoms with E-state index in [1.807, 2.05) is 50.3 Å². The van der Waals surface area contributed by atoms with Crippen LogP contribution in [0.25, 0.3) is 0 Å². The zero-order chi connectivity index (χ0) is 14.1. The van der Waals surface area contributed by atoms with Crippen LogP contribution in [0.4, 0.5) is 5.69 Å². The van der Waals surface area contributed by atoms with Gasteiger partial charge in [-0.25, -0.2) is 4.90 Å². The van der Waals surface area contributed by atoms with Gasteiger partial charge in [0.05, 0.1) is 29.2 Å². The molecule has 4 rings (SSSR count). The first kappa shape index (κ1) is 11.9. The van der Waals surface area contributed by atoms with E-state index in [-0.39, 0.29) is 29.8 Å². The van der Waals surface area contributed by atoms with Crippen LogP contribution in [0.5, 0.6) is 0 Å². The molecule has 0 aliphatic carbocycles. The van der Waals surface area contributed by atoms with Crippen LogP contribution in [0.15, 0.2) is 36.4 Å². The smallest absolute Gasteiger partial charge is 0.241 e. The maximum absolute atomic E-state index is 12.7. The standard InChI is InChI=1S/C16H15NO3/c1-9-3-5-10(6-4-9)17-14(18)12-11-7-8-16(2,20-11)13(12)15(17)19/h3-8,11-13H,1-2H3/t11-,12-,13+,16+/m1/s1. The van der Waals surface area contributed by atoms with Gasteiger partial charge in [0.1, 0.15) is 0 Å². The number of imide groups is 1. The van der Waals surface area contributed by atoms with Crippen molar-refractivity contribution in [2.75, 3.05) is 4.90 Å². The number of hydrogen-bond acceptors (Lipinski definition) is 3. The molecule has 4 heteroatoms. The van der Waals surface area contributed by atoms with E-state index in [0.29, 0.717) is 5.69 Å². The molecule has 0 saturated carbocycles. The lowest BCUT2D eigenvalue weighted by Gasteiger charge is -2.24. The quantitative estimate of drug-likeness (QED) is 0.577. The fourth-order valence-corrected chi connectivity index (χ4v) is 3.60. The molecular weight excluding hydrogens is 254 g/mol. The van der Waals surface area contributed by atoms with Crippen LogP contribution in [0.2, 0.25) is 0 Å². The molecule has 2 fully saturated rings. The SMILES string of the molecule is Cc1ccc(N2C(=O)[C@H]3[C@@H](C2=O)[C@]2(C)C=C[C@H]3O2)cc1. The monoisotopic (exact) mass is 269 g/mol. The normalized spacial score (nSPS) is 37.9. The minimum Gasteiger partial charge on any atom is -0.362 e. The van der Waals surface area contributed by atoms with Gasteiger partial charge in [0.15, 0.2) is 0 Å². The van der Waals surface area contributed by atoms with Crippen molar-refractivity contribution in [1.82, 2.24) is 0 Å². The van der Waals surface area contributed by atoms with Gasteiger partial charge in [0, 0.05) is 0 Å². The average molecular weight is 269 g/mol. The fraction of sp³-hybridized carbons (Fsp3) is 0.375. The summed E-state index contributed by atoms with van der Waals surface area (Å²) in [5.74, 6) is -1.02. The molecule has 1 aromatic rings. The molecule has 4 nitrogen and oxygen atoms in total. The molecule has 3 aliphatic rings. The maximum Gasteiger partial charge on any atom is 0.241 e. The maximum atomic E-state index is 12.7. The molecule has 3 aliphatic heterocycles. The lowest BCUT2D eigenvalue weighted by atomic mass is 9.78. The van der Waals surface area contributed by atoms with Gasteiger partial charge in [0.2, 0.25) is 11.8 Å². The minimum atomic E-state index is -0.623. The minimum absolute atomic E-state index is 0.137. The van der Waals surface area contributed by atoms with E-state index in [9.17, 15) is 9.59 Å². The number of carbonyl (C=O) groups is 2. The van der Waals surface area contributed by atoms with E-state index in [1.165, 1.54) is 4.90 Å². The predicted molar refractivity (Wildman–Crippen MR) is 73.1 cm³/mol. The fourth-order valence-electron chi connectivity index (χ4n) is 3.60. The first-order valence-corrected chi connectivity index (χ1v) is 6.83. The number of hydrogen-bond donors (Lipinski definition) is 0. The third-order valence-electron chi connectivity index (χ3n) is 4.62. The molecule has 3 heterocycles. The highest BCUT2D eigenvalue weighted by molar-refractivity contribution is 6.23.